The number of anilines is 1. The van der Waals surface area contributed by atoms with Crippen molar-refractivity contribution in [3.8, 4) is 0 Å². The summed E-state index contributed by atoms with van der Waals surface area (Å²) in [7, 11) is 2.07. The highest BCUT2D eigenvalue weighted by Gasteiger charge is 2.27. The zero-order valence-electron chi connectivity index (χ0n) is 11.9. The van der Waals surface area contributed by atoms with E-state index < -0.39 is 0 Å². The first kappa shape index (κ1) is 14.2. The molecule has 0 aliphatic carbocycles. The maximum Gasteiger partial charge on any atom is 0.225 e. The highest BCUT2D eigenvalue weighted by molar-refractivity contribution is 7.71. The van der Waals surface area contributed by atoms with E-state index in [1.807, 2.05) is 0 Å². The quantitative estimate of drug-likeness (QED) is 0.842. The van der Waals surface area contributed by atoms with Crippen LogP contribution < -0.4 is 4.90 Å². The molecule has 0 fully saturated rings. The molecule has 1 N–H and O–H groups in total. The lowest BCUT2D eigenvalue weighted by Crippen LogP contribution is -2.40. The fraction of sp³-hybridized carbons (Fsp3) is 0.833. The first-order valence-corrected chi connectivity index (χ1v) is 6.46. The van der Waals surface area contributed by atoms with Gasteiger partial charge in [0.25, 0.3) is 0 Å². The zero-order chi connectivity index (χ0) is 13.4. The molecule has 0 radical (unpaired) electrons. The van der Waals surface area contributed by atoms with Crippen molar-refractivity contribution in [2.45, 2.75) is 53.6 Å². The Morgan fingerprint density at radius 2 is 1.82 bits per heavy atom. The van der Waals surface area contributed by atoms with E-state index in [0.717, 1.165) is 5.95 Å². The number of hydrogen-bond donors (Lipinski definition) is 1. The third kappa shape index (κ3) is 2.89. The molecule has 0 aliphatic heterocycles. The lowest BCUT2D eigenvalue weighted by molar-refractivity contribution is 0.324. The summed E-state index contributed by atoms with van der Waals surface area (Å²) in [5, 5.41) is 7.22. The molecule has 1 heterocycles. The number of rotatable bonds is 3. The summed E-state index contributed by atoms with van der Waals surface area (Å²) < 4.78 is 2.74. The summed E-state index contributed by atoms with van der Waals surface area (Å²) >= 11 is 5.27. The Hall–Kier alpha value is -0.840. The van der Waals surface area contributed by atoms with Gasteiger partial charge >= 0.3 is 0 Å². The highest BCUT2D eigenvalue weighted by Crippen LogP contribution is 2.27. The molecule has 0 saturated heterocycles. The summed E-state index contributed by atoms with van der Waals surface area (Å²) in [6.45, 7) is 13.1. The standard InChI is InChI=1S/C12H24N4S/c1-8(2)16-10(13-14-11(16)17)15(7)9(3)12(4,5)6/h8-9H,1-7H3,(H,14,17). The molecule has 0 bridgehead atoms. The molecule has 0 aliphatic rings. The molecule has 0 aromatic carbocycles. The fourth-order valence-corrected chi connectivity index (χ4v) is 2.10. The van der Waals surface area contributed by atoms with E-state index in [2.05, 4.69) is 68.3 Å². The van der Waals surface area contributed by atoms with Gasteiger partial charge in [0.15, 0.2) is 4.77 Å². The van der Waals surface area contributed by atoms with E-state index in [1.54, 1.807) is 0 Å². The molecule has 1 aromatic heterocycles. The molecule has 5 heteroatoms. The van der Waals surface area contributed by atoms with E-state index in [0.29, 0.717) is 16.9 Å². The van der Waals surface area contributed by atoms with Crippen LogP contribution in [0, 0.1) is 10.2 Å². The molecule has 17 heavy (non-hydrogen) atoms. The molecule has 0 amide bonds. The summed E-state index contributed by atoms with van der Waals surface area (Å²) in [6.07, 6.45) is 0. The average molecular weight is 256 g/mol. The molecule has 1 rings (SSSR count). The van der Waals surface area contributed by atoms with E-state index in [4.69, 9.17) is 12.2 Å². The number of nitrogens with one attached hydrogen (secondary N) is 1. The van der Waals surface area contributed by atoms with Crippen LogP contribution in [0.3, 0.4) is 0 Å². The van der Waals surface area contributed by atoms with Gasteiger partial charge in [-0.05, 0) is 38.4 Å². The van der Waals surface area contributed by atoms with E-state index in [-0.39, 0.29) is 5.41 Å². The van der Waals surface area contributed by atoms with Crippen LogP contribution in [0.1, 0.15) is 47.6 Å². The van der Waals surface area contributed by atoms with Gasteiger partial charge in [0.1, 0.15) is 0 Å². The Kier molecular flexibility index (Phi) is 4.02. The minimum atomic E-state index is 0.199. The van der Waals surface area contributed by atoms with Crippen LogP contribution in [-0.4, -0.2) is 27.9 Å². The van der Waals surface area contributed by atoms with Gasteiger partial charge in [0.05, 0.1) is 0 Å². The van der Waals surface area contributed by atoms with Gasteiger partial charge in [-0.15, -0.1) is 5.10 Å². The topological polar surface area (TPSA) is 36.9 Å². The minimum Gasteiger partial charge on any atom is -0.341 e. The zero-order valence-corrected chi connectivity index (χ0v) is 12.7. The van der Waals surface area contributed by atoms with Gasteiger partial charge < -0.3 is 4.90 Å². The van der Waals surface area contributed by atoms with Crippen LogP contribution >= 0.6 is 12.2 Å². The average Bonchev–Trinajstić information content (AvgIpc) is 2.56. The maximum atomic E-state index is 5.27. The third-order valence-electron chi connectivity index (χ3n) is 3.35. The van der Waals surface area contributed by atoms with Gasteiger partial charge in [-0.25, -0.2) is 5.10 Å². The first-order chi connectivity index (χ1) is 7.66. The second-order valence-electron chi connectivity index (χ2n) is 5.95. The fourth-order valence-electron chi connectivity index (χ4n) is 1.76. The van der Waals surface area contributed by atoms with Gasteiger partial charge in [-0.2, -0.15) is 0 Å². The predicted molar refractivity (Wildman–Crippen MR) is 75.1 cm³/mol. The molecule has 98 valence electrons. The van der Waals surface area contributed by atoms with Gasteiger partial charge in [-0.1, -0.05) is 20.8 Å². The van der Waals surface area contributed by atoms with Crippen LogP contribution in [0.15, 0.2) is 0 Å². The van der Waals surface area contributed by atoms with E-state index >= 15 is 0 Å². The third-order valence-corrected chi connectivity index (χ3v) is 3.64. The molecule has 1 atom stereocenters. The first-order valence-electron chi connectivity index (χ1n) is 6.06. The van der Waals surface area contributed by atoms with Gasteiger partial charge in [-0.3, -0.25) is 4.57 Å². The molecule has 4 nitrogen and oxygen atoms in total. The second-order valence-corrected chi connectivity index (χ2v) is 6.33. The Labute approximate surface area is 109 Å². The van der Waals surface area contributed by atoms with Crippen molar-refractivity contribution in [3.05, 3.63) is 4.77 Å². The molecule has 1 aromatic rings. The van der Waals surface area contributed by atoms with Crippen LogP contribution in [-0.2, 0) is 0 Å². The predicted octanol–water partition coefficient (Wildman–Crippen LogP) is 3.39. The number of H-pyrrole nitrogens is 1. The lowest BCUT2D eigenvalue weighted by atomic mass is 9.87. The smallest absolute Gasteiger partial charge is 0.225 e. The Balaban J connectivity index is 3.13. The SMILES string of the molecule is CC(C)n1c(N(C)C(C)C(C)(C)C)n[nH]c1=S. The Morgan fingerprint density at radius 3 is 2.24 bits per heavy atom. The molecule has 1 unspecified atom stereocenters. The van der Waals surface area contributed by atoms with E-state index in [9.17, 15) is 0 Å². The van der Waals surface area contributed by atoms with Crippen LogP contribution in [0.4, 0.5) is 5.95 Å². The van der Waals surface area contributed by atoms with Crippen molar-refractivity contribution in [3.63, 3.8) is 0 Å². The van der Waals surface area contributed by atoms with Crippen LogP contribution in [0.25, 0.3) is 0 Å². The van der Waals surface area contributed by atoms with Gasteiger partial charge in [0, 0.05) is 19.1 Å². The number of aromatic nitrogens is 3. The van der Waals surface area contributed by atoms with E-state index in [1.165, 1.54) is 0 Å². The highest BCUT2D eigenvalue weighted by atomic mass is 32.1. The van der Waals surface area contributed by atoms with Crippen molar-refractivity contribution in [2.24, 2.45) is 5.41 Å². The summed E-state index contributed by atoms with van der Waals surface area (Å²) in [5.74, 6) is 0.910. The van der Waals surface area contributed by atoms with Crippen molar-refractivity contribution in [1.82, 2.24) is 14.8 Å². The van der Waals surface area contributed by atoms with Crippen LogP contribution in [0.5, 0.6) is 0 Å². The van der Waals surface area contributed by atoms with Crippen molar-refractivity contribution in [1.29, 1.82) is 0 Å². The normalized spacial score (nSPS) is 14.1. The maximum absolute atomic E-state index is 5.27. The molecule has 0 spiro atoms. The van der Waals surface area contributed by atoms with Gasteiger partial charge in [0.2, 0.25) is 5.95 Å². The Bertz CT molecular complexity index is 424. The minimum absolute atomic E-state index is 0.199. The molecular formula is C12H24N4S. The Morgan fingerprint density at radius 1 is 1.29 bits per heavy atom. The number of hydrogen-bond acceptors (Lipinski definition) is 3. The van der Waals surface area contributed by atoms with Crippen LogP contribution in [0.2, 0.25) is 0 Å². The van der Waals surface area contributed by atoms with Crippen molar-refractivity contribution < 1.29 is 0 Å². The van der Waals surface area contributed by atoms with Crippen molar-refractivity contribution in [2.75, 3.05) is 11.9 Å². The summed E-state index contributed by atoms with van der Waals surface area (Å²) in [6, 6.07) is 0.691. The van der Waals surface area contributed by atoms with Crippen molar-refractivity contribution >= 4 is 18.2 Å². The number of aromatic amines is 1. The molecular weight excluding hydrogens is 232 g/mol. The monoisotopic (exact) mass is 256 g/mol. The lowest BCUT2D eigenvalue weighted by Gasteiger charge is -2.36. The number of nitrogens with zero attached hydrogens (tertiary/aromatic N) is 3. The molecule has 0 saturated carbocycles. The second kappa shape index (κ2) is 4.80. The summed E-state index contributed by atoms with van der Waals surface area (Å²) in [5.41, 5.74) is 0.199. The largest absolute Gasteiger partial charge is 0.341 e. The summed E-state index contributed by atoms with van der Waals surface area (Å²) in [4.78, 5) is 2.19.